The second-order valence-corrected chi connectivity index (χ2v) is 5.52. The summed E-state index contributed by atoms with van der Waals surface area (Å²) in [5.74, 6) is -0.269. The number of carbonyl (C=O) groups is 2. The van der Waals surface area contributed by atoms with E-state index in [2.05, 4.69) is 0 Å². The van der Waals surface area contributed by atoms with Gasteiger partial charge in [-0.1, -0.05) is 0 Å². The first-order chi connectivity index (χ1) is 6.65. The molecule has 0 N–H and O–H groups in total. The number of hydrogen-bond acceptors (Lipinski definition) is 3. The fourth-order valence-electron chi connectivity index (χ4n) is 1.25. The van der Waals surface area contributed by atoms with Gasteiger partial charge in [0.15, 0.2) is 5.78 Å². The Morgan fingerprint density at radius 2 is 1.93 bits per heavy atom. The summed E-state index contributed by atoms with van der Waals surface area (Å²) in [6.45, 7) is 8.96. The van der Waals surface area contributed by atoms with E-state index < -0.39 is 16.9 Å². The lowest BCUT2D eigenvalue weighted by Crippen LogP contribution is -2.37. The molecule has 0 aromatic heterocycles. The summed E-state index contributed by atoms with van der Waals surface area (Å²) in [6.07, 6.45) is 2.71. The van der Waals surface area contributed by atoms with Crippen LogP contribution >= 0.6 is 0 Å². The van der Waals surface area contributed by atoms with Crippen molar-refractivity contribution >= 4 is 11.8 Å². The third-order valence-electron chi connectivity index (χ3n) is 2.62. The molecule has 0 amide bonds. The normalized spacial score (nSPS) is 24.3. The Hall–Kier alpha value is -1.12. The van der Waals surface area contributed by atoms with Gasteiger partial charge in [-0.15, -0.1) is 0 Å². The Balaban J connectivity index is 2.74. The topological polar surface area (TPSA) is 43.4 Å². The third-order valence-corrected chi connectivity index (χ3v) is 2.62. The number of esters is 1. The molecule has 3 nitrogen and oxygen atoms in total. The SMILES string of the molecule is CC(C)(C)C(=O)OC1C=CC(=O)C1(C)C. The molecule has 0 aromatic rings. The van der Waals surface area contributed by atoms with E-state index in [1.165, 1.54) is 6.08 Å². The summed E-state index contributed by atoms with van der Waals surface area (Å²) in [7, 11) is 0. The van der Waals surface area contributed by atoms with Gasteiger partial charge in [-0.05, 0) is 46.8 Å². The highest BCUT2D eigenvalue weighted by molar-refractivity contribution is 5.98. The predicted octanol–water partition coefficient (Wildman–Crippen LogP) is 2.11. The molecular formula is C12H18O3. The van der Waals surface area contributed by atoms with Crippen LogP contribution in [0, 0.1) is 10.8 Å². The van der Waals surface area contributed by atoms with E-state index >= 15 is 0 Å². The van der Waals surface area contributed by atoms with Gasteiger partial charge in [0.1, 0.15) is 6.10 Å². The van der Waals surface area contributed by atoms with Crippen LogP contribution in [0.25, 0.3) is 0 Å². The van der Waals surface area contributed by atoms with E-state index in [-0.39, 0.29) is 11.8 Å². The van der Waals surface area contributed by atoms with Crippen molar-refractivity contribution in [2.24, 2.45) is 10.8 Å². The molecule has 0 saturated carbocycles. The molecule has 1 atom stereocenters. The molecule has 0 aliphatic heterocycles. The summed E-state index contributed by atoms with van der Waals surface area (Å²) < 4.78 is 5.31. The lowest BCUT2D eigenvalue weighted by Gasteiger charge is -2.28. The Labute approximate surface area is 90.5 Å². The zero-order valence-electron chi connectivity index (χ0n) is 9.96. The first kappa shape index (κ1) is 12.0. The molecule has 15 heavy (non-hydrogen) atoms. The van der Waals surface area contributed by atoms with Gasteiger partial charge in [0.2, 0.25) is 0 Å². The van der Waals surface area contributed by atoms with Crippen molar-refractivity contribution in [1.82, 2.24) is 0 Å². The average molecular weight is 210 g/mol. The molecule has 0 spiro atoms. The molecule has 84 valence electrons. The Morgan fingerprint density at radius 3 is 2.27 bits per heavy atom. The summed E-state index contributed by atoms with van der Waals surface area (Å²) >= 11 is 0. The van der Waals surface area contributed by atoms with Gasteiger partial charge >= 0.3 is 5.97 Å². The molecule has 1 rings (SSSR count). The van der Waals surface area contributed by atoms with Crippen LogP contribution in [0.4, 0.5) is 0 Å². The molecule has 0 fully saturated rings. The van der Waals surface area contributed by atoms with E-state index in [4.69, 9.17) is 4.74 Å². The molecule has 1 unspecified atom stereocenters. The summed E-state index contributed by atoms with van der Waals surface area (Å²) in [5, 5.41) is 0. The smallest absolute Gasteiger partial charge is 0.311 e. The molecular weight excluding hydrogens is 192 g/mol. The van der Waals surface area contributed by atoms with Gasteiger partial charge in [0.05, 0.1) is 10.8 Å². The molecule has 1 aliphatic rings. The Bertz CT molecular complexity index is 318. The zero-order valence-corrected chi connectivity index (χ0v) is 9.96. The van der Waals surface area contributed by atoms with Gasteiger partial charge in [0, 0.05) is 0 Å². The largest absolute Gasteiger partial charge is 0.457 e. The molecule has 0 bridgehead atoms. The van der Waals surface area contributed by atoms with Crippen LogP contribution in [-0.4, -0.2) is 17.9 Å². The number of ether oxygens (including phenoxy) is 1. The van der Waals surface area contributed by atoms with Crippen molar-refractivity contribution in [1.29, 1.82) is 0 Å². The van der Waals surface area contributed by atoms with Crippen LogP contribution in [0.2, 0.25) is 0 Å². The van der Waals surface area contributed by atoms with E-state index in [0.717, 1.165) is 0 Å². The maximum atomic E-state index is 11.6. The average Bonchev–Trinajstić information content (AvgIpc) is 2.30. The van der Waals surface area contributed by atoms with Crippen LogP contribution in [-0.2, 0) is 14.3 Å². The van der Waals surface area contributed by atoms with Gasteiger partial charge in [-0.3, -0.25) is 9.59 Å². The van der Waals surface area contributed by atoms with E-state index in [9.17, 15) is 9.59 Å². The van der Waals surface area contributed by atoms with E-state index in [1.54, 1.807) is 40.7 Å². The summed E-state index contributed by atoms with van der Waals surface area (Å²) in [5.41, 5.74) is -1.16. The van der Waals surface area contributed by atoms with Gasteiger partial charge < -0.3 is 4.74 Å². The highest BCUT2D eigenvalue weighted by atomic mass is 16.5. The quantitative estimate of drug-likeness (QED) is 0.622. The third kappa shape index (κ3) is 2.28. The number of carbonyl (C=O) groups excluding carboxylic acids is 2. The van der Waals surface area contributed by atoms with Crippen molar-refractivity contribution in [2.45, 2.75) is 40.7 Å². The molecule has 3 heteroatoms. The molecule has 0 aromatic carbocycles. The molecule has 0 saturated heterocycles. The fraction of sp³-hybridized carbons (Fsp3) is 0.667. The number of rotatable bonds is 1. The molecule has 0 radical (unpaired) electrons. The monoisotopic (exact) mass is 210 g/mol. The van der Waals surface area contributed by atoms with Crippen LogP contribution in [0.5, 0.6) is 0 Å². The lowest BCUT2D eigenvalue weighted by atomic mass is 9.87. The van der Waals surface area contributed by atoms with Crippen LogP contribution in [0.15, 0.2) is 12.2 Å². The second-order valence-electron chi connectivity index (χ2n) is 5.52. The second kappa shape index (κ2) is 3.47. The minimum Gasteiger partial charge on any atom is -0.457 e. The minimum atomic E-state index is -0.624. The van der Waals surface area contributed by atoms with Crippen molar-refractivity contribution in [3.8, 4) is 0 Å². The fourth-order valence-corrected chi connectivity index (χ4v) is 1.25. The van der Waals surface area contributed by atoms with Crippen molar-refractivity contribution in [2.75, 3.05) is 0 Å². The minimum absolute atomic E-state index is 0.00853. The van der Waals surface area contributed by atoms with Gasteiger partial charge in [-0.25, -0.2) is 0 Å². The van der Waals surface area contributed by atoms with E-state index in [0.29, 0.717) is 0 Å². The zero-order chi connectivity index (χ0) is 11.9. The standard InChI is InChI=1S/C12H18O3/c1-11(2,3)10(14)15-9-7-6-8(13)12(9,4)5/h6-7,9H,1-5H3. The predicted molar refractivity (Wildman–Crippen MR) is 57.3 cm³/mol. The number of hydrogen-bond donors (Lipinski definition) is 0. The van der Waals surface area contributed by atoms with Gasteiger partial charge in [-0.2, -0.15) is 0 Å². The lowest BCUT2D eigenvalue weighted by molar-refractivity contribution is -0.161. The van der Waals surface area contributed by atoms with Crippen molar-refractivity contribution in [3.05, 3.63) is 12.2 Å². The summed E-state index contributed by atoms with van der Waals surface area (Å²) in [4.78, 5) is 23.1. The highest BCUT2D eigenvalue weighted by Crippen LogP contribution is 2.33. The maximum Gasteiger partial charge on any atom is 0.311 e. The van der Waals surface area contributed by atoms with E-state index in [1.807, 2.05) is 0 Å². The van der Waals surface area contributed by atoms with Gasteiger partial charge in [0.25, 0.3) is 0 Å². The summed E-state index contributed by atoms with van der Waals surface area (Å²) in [6, 6.07) is 0. The molecule has 1 aliphatic carbocycles. The highest BCUT2D eigenvalue weighted by Gasteiger charge is 2.42. The van der Waals surface area contributed by atoms with Crippen LogP contribution in [0.1, 0.15) is 34.6 Å². The Kier molecular flexibility index (Phi) is 2.77. The van der Waals surface area contributed by atoms with Crippen LogP contribution < -0.4 is 0 Å². The maximum absolute atomic E-state index is 11.6. The van der Waals surface area contributed by atoms with Crippen molar-refractivity contribution in [3.63, 3.8) is 0 Å². The first-order valence-electron chi connectivity index (χ1n) is 5.09. The number of ketones is 1. The first-order valence-corrected chi connectivity index (χ1v) is 5.09. The number of allylic oxidation sites excluding steroid dienone is 1. The van der Waals surface area contributed by atoms with Crippen molar-refractivity contribution < 1.29 is 14.3 Å². The van der Waals surface area contributed by atoms with Crippen LogP contribution in [0.3, 0.4) is 0 Å². The Morgan fingerprint density at radius 1 is 1.40 bits per heavy atom. The molecule has 0 heterocycles.